The molecule has 2 aromatic rings. The van der Waals surface area contributed by atoms with E-state index in [4.69, 9.17) is 39.9 Å². The maximum atomic E-state index is 5.12. The first kappa shape index (κ1) is 31.7. The summed E-state index contributed by atoms with van der Waals surface area (Å²) in [4.78, 5) is 5.12. The van der Waals surface area contributed by atoms with E-state index in [-0.39, 0.29) is 0 Å². The number of aryl methyl sites for hydroxylation is 3. The molecule has 0 radical (unpaired) electrons. The summed E-state index contributed by atoms with van der Waals surface area (Å²) in [5.41, 5.74) is 7.26. The van der Waals surface area contributed by atoms with Gasteiger partial charge >= 0.3 is 41.5 Å². The van der Waals surface area contributed by atoms with Gasteiger partial charge in [0.15, 0.2) is 5.84 Å². The first-order valence-electron chi connectivity index (χ1n) is 11.6. The molecule has 0 unspecified atom stereocenters. The third kappa shape index (κ3) is 12.1. The van der Waals surface area contributed by atoms with Crippen LogP contribution in [-0.4, -0.2) is 23.8 Å². The number of aliphatic imine (C=N–C) groups is 1. The van der Waals surface area contributed by atoms with Gasteiger partial charge in [-0.3, -0.25) is 0 Å². The van der Waals surface area contributed by atoms with Crippen LogP contribution in [0.25, 0.3) is 0 Å². The molecule has 1 saturated heterocycles. The number of rotatable bonds is 5. The van der Waals surface area contributed by atoms with Gasteiger partial charge in [-0.05, 0) is 65.2 Å². The second kappa shape index (κ2) is 17.2. The molecule has 3 rings (SSSR count). The van der Waals surface area contributed by atoms with Gasteiger partial charge < -0.3 is 4.74 Å². The van der Waals surface area contributed by atoms with Crippen LogP contribution in [0.5, 0.6) is 0 Å². The minimum atomic E-state index is -1.62. The van der Waals surface area contributed by atoms with Gasteiger partial charge in [0.1, 0.15) is 0 Å². The van der Waals surface area contributed by atoms with Gasteiger partial charge in [0.25, 0.3) is 0 Å². The van der Waals surface area contributed by atoms with Crippen molar-refractivity contribution in [1.82, 2.24) is 5.09 Å². The Balaban J connectivity index is 0.000000537. The summed E-state index contributed by atoms with van der Waals surface area (Å²) in [6.45, 7) is 18.5. The molecule has 2 aromatic carbocycles. The van der Waals surface area contributed by atoms with Gasteiger partial charge in [-0.15, -0.1) is 0 Å². The molecule has 8 heteroatoms. The second-order valence-electron chi connectivity index (χ2n) is 8.76. The van der Waals surface area contributed by atoms with E-state index in [1.54, 1.807) is 0 Å². The number of nitrogens with zero attached hydrogens (tertiary/aromatic N) is 1. The zero-order chi connectivity index (χ0) is 25.7. The molecule has 34 heavy (non-hydrogen) atoms. The van der Waals surface area contributed by atoms with Gasteiger partial charge in [-0.25, -0.2) is 16.7 Å². The molecule has 0 amide bonds. The topological polar surface area (TPSA) is 33.6 Å². The van der Waals surface area contributed by atoms with Crippen molar-refractivity contribution in [1.29, 1.82) is 0 Å². The van der Waals surface area contributed by atoms with Crippen LogP contribution in [0.2, 0.25) is 0 Å². The van der Waals surface area contributed by atoms with Crippen molar-refractivity contribution < 1.29 is 16.1 Å². The Bertz CT molecular complexity index is 851. The molecule has 190 valence electrons. The molecule has 0 atom stereocenters. The van der Waals surface area contributed by atoms with Crippen LogP contribution in [0.1, 0.15) is 62.8 Å². The van der Waals surface area contributed by atoms with Crippen LogP contribution >= 0.6 is 38.2 Å². The van der Waals surface area contributed by atoms with Crippen molar-refractivity contribution in [2.75, 3.05) is 6.61 Å². The first-order valence-corrected chi connectivity index (χ1v) is 18.5. The van der Waals surface area contributed by atoms with E-state index in [0.29, 0.717) is 11.3 Å². The number of ether oxygens (including phenoxy) is 1. The summed E-state index contributed by atoms with van der Waals surface area (Å²) in [5.74, 6) is 1.02. The molecule has 0 bridgehead atoms. The number of benzene rings is 2. The van der Waals surface area contributed by atoms with Crippen LogP contribution in [0.4, 0.5) is 5.69 Å². The molecule has 0 saturated carbocycles. The fourth-order valence-corrected chi connectivity index (χ4v) is 5.97. The number of amidine groups is 1. The summed E-state index contributed by atoms with van der Waals surface area (Å²) < 4.78 is 4.82. The molecule has 1 aliphatic rings. The minimum absolute atomic E-state index is 0.636. The molecular formula is C26H39Cl3CrN2OP+. The Morgan fingerprint density at radius 3 is 1.88 bits per heavy atom. The molecule has 0 aliphatic carbocycles. The number of hydrogen-bond acceptors (Lipinski definition) is 2. The molecular weight excluding hydrogens is 546 g/mol. The van der Waals surface area contributed by atoms with Crippen molar-refractivity contribution in [3.63, 3.8) is 0 Å². The van der Waals surface area contributed by atoms with Gasteiger partial charge in [0.05, 0.1) is 25.1 Å². The van der Waals surface area contributed by atoms with Crippen LogP contribution in [0, 0.1) is 27.4 Å². The fraction of sp³-hybridized carbons (Fsp3) is 0.462. The van der Waals surface area contributed by atoms with Crippen molar-refractivity contribution >= 4 is 49.7 Å². The summed E-state index contributed by atoms with van der Waals surface area (Å²) in [6.07, 6.45) is 2.38. The molecule has 1 aliphatic heterocycles. The average molecular weight is 585 g/mol. The number of hydrogen-bond donors (Lipinski definition) is 1. The molecule has 1 N–H and O–H groups in total. The zero-order valence-corrected chi connectivity index (χ0v) is 25.8. The molecule has 0 aromatic heterocycles. The van der Waals surface area contributed by atoms with E-state index in [0.717, 1.165) is 24.6 Å². The molecule has 0 spiro atoms. The predicted molar refractivity (Wildman–Crippen MR) is 152 cm³/mol. The van der Waals surface area contributed by atoms with Crippen molar-refractivity contribution in [3.8, 4) is 0 Å². The molecule has 1 fully saturated rings. The second-order valence-corrected chi connectivity index (χ2v) is 18.5. The first-order chi connectivity index (χ1) is 16.0. The van der Waals surface area contributed by atoms with E-state index in [1.807, 2.05) is 6.61 Å². The predicted octanol–water partition coefficient (Wildman–Crippen LogP) is 9.25. The maximum absolute atomic E-state index is 5.12. The van der Waals surface area contributed by atoms with E-state index in [9.17, 15) is 0 Å². The van der Waals surface area contributed by atoms with Crippen LogP contribution in [0.15, 0.2) is 47.5 Å². The van der Waals surface area contributed by atoms with Crippen molar-refractivity contribution in [2.45, 2.75) is 72.6 Å². The normalized spacial score (nSPS) is 13.6. The van der Waals surface area contributed by atoms with Crippen molar-refractivity contribution in [3.05, 3.63) is 71.3 Å². The Hall–Kier alpha value is -0.298. The monoisotopic (exact) mass is 583 g/mol. The fourth-order valence-electron chi connectivity index (χ4n) is 3.60. The average Bonchev–Trinajstić information content (AvgIpc) is 3.33. The summed E-state index contributed by atoms with van der Waals surface area (Å²) in [5, 5.41) is 3.86. The van der Waals surface area contributed by atoms with Gasteiger partial charge in [-0.1, -0.05) is 48.9 Å². The third-order valence-corrected chi connectivity index (χ3v) is 8.29. The Labute approximate surface area is 225 Å². The molecule has 1 heterocycles. The van der Waals surface area contributed by atoms with E-state index in [1.165, 1.54) is 28.7 Å². The Morgan fingerprint density at radius 1 is 0.941 bits per heavy atom. The van der Waals surface area contributed by atoms with Crippen LogP contribution < -0.4 is 5.09 Å². The number of para-hydroxylation sites is 1. The zero-order valence-electron chi connectivity index (χ0n) is 21.3. The van der Waals surface area contributed by atoms with E-state index >= 15 is 0 Å². The number of nitrogens with one attached hydrogen (secondary N) is 1. The van der Waals surface area contributed by atoms with Crippen molar-refractivity contribution in [2.24, 2.45) is 4.99 Å². The summed E-state index contributed by atoms with van der Waals surface area (Å²) >= 11 is -1.62. The van der Waals surface area contributed by atoms with Gasteiger partial charge in [0.2, 0.25) is 0 Å². The van der Waals surface area contributed by atoms with Gasteiger partial charge in [0, 0.05) is 12.2 Å². The standard InChI is InChI=1S/C22H31N2P.C4H7O.3ClH.Cr/c1-15(2)25(16(3)4)24-22(20-14-9-8-11-17(20)5)23-21-18(6)12-10-13-19(21)7;1-2-4-5-3-1;;;;/h8-16H,1-7H3,(H,23,24);3H,1-2,4H2;3*1H;/q;-1;;;;+4/p-2. The Kier molecular flexibility index (Phi) is 16.1. The quantitative estimate of drug-likeness (QED) is 0.164. The van der Waals surface area contributed by atoms with Gasteiger partial charge in [-0.2, -0.15) is 6.42 Å². The van der Waals surface area contributed by atoms with E-state index < -0.39 is 19.5 Å². The summed E-state index contributed by atoms with van der Waals surface area (Å²) in [7, 11) is 14.0. The van der Waals surface area contributed by atoms with Crippen LogP contribution in [-0.2, 0) is 16.1 Å². The SMILES string of the molecule is Cc1ccccc1C(=Nc1c(C)cccc1C)N[PH+](C(C)C)C(C)C.[CH-]1CCCO1.[Cl][Cr+]([Cl])[Cl]. The Morgan fingerprint density at radius 2 is 1.47 bits per heavy atom. The molecule has 3 nitrogen and oxygen atoms in total. The summed E-state index contributed by atoms with van der Waals surface area (Å²) in [6, 6.07) is 14.9. The van der Waals surface area contributed by atoms with E-state index in [2.05, 4.69) is 96.0 Å². The van der Waals surface area contributed by atoms with Crippen LogP contribution in [0.3, 0.4) is 0 Å². The number of halogens is 3. The third-order valence-electron chi connectivity index (χ3n) is 5.27.